The van der Waals surface area contributed by atoms with Crippen molar-refractivity contribution in [3.05, 3.63) is 29.3 Å². The van der Waals surface area contributed by atoms with E-state index in [0.29, 0.717) is 37.0 Å². The summed E-state index contributed by atoms with van der Waals surface area (Å²) in [4.78, 5) is 11.6. The first-order chi connectivity index (χ1) is 23.1. The molecule has 282 valence electrons. The van der Waals surface area contributed by atoms with Crippen LogP contribution in [-0.4, -0.2) is 50.8 Å². The highest BCUT2D eigenvalue weighted by Gasteiger charge is 2.81. The number of aliphatic hydroxyl groups is 1. The number of unbranched alkanes of at least 4 members (excludes halogenated alkanes) is 5. The van der Waals surface area contributed by atoms with Gasteiger partial charge in [-0.2, -0.15) is 39.5 Å². The number of carboxylic acids is 1. The van der Waals surface area contributed by atoms with Crippen LogP contribution in [0.15, 0.2) is 18.2 Å². The monoisotopic (exact) mass is 726 g/mol. The fourth-order valence-electron chi connectivity index (χ4n) is 9.34. The Balaban J connectivity index is 1.23. The standard InChI is InChI=1S/C37H47F9O4/c1-3-33(50)20-17-29-30-24(21-25-22-26(47)14-15-27(25)28(30)16-19-32(29,33)2)12-9-7-5-4-6-8-11-23(31(48)49)13-10-18-34(38,39)35(40,41)36(42,43)37(44,45)46/h1,14-15,22-24,28-30,47,50H,4-13,16-21H2,2H3,(H,48,49)/t23?,24-,28-,29+,30-,32+,33+/m1/s1. The highest BCUT2D eigenvalue weighted by Crippen LogP contribution is 2.65. The van der Waals surface area contributed by atoms with Gasteiger partial charge in [-0.1, -0.05) is 57.4 Å². The first kappa shape index (κ1) is 40.2. The minimum Gasteiger partial charge on any atom is -0.508 e. The molecular weight excluding hydrogens is 679 g/mol. The topological polar surface area (TPSA) is 77.8 Å². The molecule has 0 aliphatic heterocycles. The van der Waals surface area contributed by atoms with Crippen molar-refractivity contribution in [1.82, 2.24) is 0 Å². The molecule has 1 aromatic carbocycles. The van der Waals surface area contributed by atoms with Crippen LogP contribution in [0.5, 0.6) is 5.75 Å². The summed E-state index contributed by atoms with van der Waals surface area (Å²) in [6.45, 7) is 2.13. The van der Waals surface area contributed by atoms with E-state index in [-0.39, 0.29) is 23.5 Å². The van der Waals surface area contributed by atoms with Gasteiger partial charge in [-0.25, -0.2) is 0 Å². The van der Waals surface area contributed by atoms with E-state index in [0.717, 1.165) is 63.4 Å². The molecule has 2 saturated carbocycles. The van der Waals surface area contributed by atoms with Gasteiger partial charge < -0.3 is 15.3 Å². The van der Waals surface area contributed by atoms with Crippen molar-refractivity contribution in [2.24, 2.45) is 29.1 Å². The van der Waals surface area contributed by atoms with Crippen LogP contribution in [0.3, 0.4) is 0 Å². The number of hydrogen-bond donors (Lipinski definition) is 3. The predicted octanol–water partition coefficient (Wildman–Crippen LogP) is 10.3. The highest BCUT2D eigenvalue weighted by molar-refractivity contribution is 5.69. The Morgan fingerprint density at radius 2 is 1.54 bits per heavy atom. The second kappa shape index (κ2) is 14.8. The smallest absolute Gasteiger partial charge is 0.460 e. The molecule has 50 heavy (non-hydrogen) atoms. The van der Waals surface area contributed by atoms with Crippen molar-refractivity contribution in [2.45, 2.75) is 145 Å². The van der Waals surface area contributed by atoms with E-state index in [2.05, 4.69) is 12.8 Å². The number of phenolic OH excluding ortho intramolecular Hbond substituents is 1. The van der Waals surface area contributed by atoms with Crippen LogP contribution in [-0.2, 0) is 11.2 Å². The summed E-state index contributed by atoms with van der Waals surface area (Å²) in [6.07, 6.45) is 4.86. The molecule has 3 N–H and O–H groups in total. The molecule has 0 aromatic heterocycles. The van der Waals surface area contributed by atoms with Crippen LogP contribution in [0.2, 0.25) is 0 Å². The number of phenols is 1. The number of aliphatic carboxylic acids is 1. The van der Waals surface area contributed by atoms with Crippen LogP contribution >= 0.6 is 0 Å². The lowest BCUT2D eigenvalue weighted by atomic mass is 9.50. The number of hydrogen-bond acceptors (Lipinski definition) is 3. The van der Waals surface area contributed by atoms with Crippen LogP contribution in [0.25, 0.3) is 0 Å². The quantitative estimate of drug-likeness (QED) is 0.0901. The molecule has 0 spiro atoms. The van der Waals surface area contributed by atoms with Crippen molar-refractivity contribution in [2.75, 3.05) is 0 Å². The Hall–Kier alpha value is -2.62. The molecule has 1 unspecified atom stereocenters. The molecule has 2 fully saturated rings. The SMILES string of the molecule is C#C[C@]1(O)CC[C@H]2[C@@H]3[C@H](CCCCCCCCC(CCCC(F)(F)C(F)(F)C(F)(F)C(F)(F)F)C(=O)O)Cc4cc(O)ccc4[C@H]3CC[C@@]21C. The maximum absolute atomic E-state index is 13.8. The highest BCUT2D eigenvalue weighted by atomic mass is 19.4. The maximum Gasteiger partial charge on any atom is 0.460 e. The van der Waals surface area contributed by atoms with Crippen molar-refractivity contribution in [1.29, 1.82) is 0 Å². The van der Waals surface area contributed by atoms with E-state index in [4.69, 9.17) is 6.42 Å². The molecule has 0 saturated heterocycles. The third-order valence-electron chi connectivity index (χ3n) is 12.3. The van der Waals surface area contributed by atoms with Gasteiger partial charge in [0.15, 0.2) is 0 Å². The normalized spacial score (nSPS) is 29.1. The number of rotatable bonds is 16. The molecule has 0 radical (unpaired) electrons. The fourth-order valence-corrected chi connectivity index (χ4v) is 9.34. The van der Waals surface area contributed by atoms with Crippen LogP contribution < -0.4 is 0 Å². The molecule has 4 rings (SSSR count). The zero-order valence-electron chi connectivity index (χ0n) is 28.2. The summed E-state index contributed by atoms with van der Waals surface area (Å²) in [5, 5.41) is 31.0. The molecule has 3 aliphatic rings. The average molecular weight is 727 g/mol. The summed E-state index contributed by atoms with van der Waals surface area (Å²) in [7, 11) is 0. The van der Waals surface area contributed by atoms with E-state index in [9.17, 15) is 59.6 Å². The number of carbonyl (C=O) groups is 1. The van der Waals surface area contributed by atoms with E-state index < -0.39 is 60.7 Å². The number of fused-ring (bicyclic) bond motifs is 5. The van der Waals surface area contributed by atoms with Gasteiger partial charge in [0.25, 0.3) is 0 Å². The molecule has 0 heterocycles. The Bertz CT molecular complexity index is 1390. The molecule has 4 nitrogen and oxygen atoms in total. The summed E-state index contributed by atoms with van der Waals surface area (Å²) in [5.74, 6) is -17.7. The number of alkyl halides is 9. The Kier molecular flexibility index (Phi) is 11.9. The summed E-state index contributed by atoms with van der Waals surface area (Å²) < 4.78 is 118. The third kappa shape index (κ3) is 7.47. The molecule has 3 aliphatic carbocycles. The number of benzene rings is 1. The number of terminal acetylenes is 1. The van der Waals surface area contributed by atoms with Crippen molar-refractivity contribution in [3.63, 3.8) is 0 Å². The molecular formula is C37H47F9O4. The lowest BCUT2D eigenvalue weighted by Gasteiger charge is -2.54. The minimum atomic E-state index is -6.95. The average Bonchev–Trinajstić information content (AvgIpc) is 3.30. The van der Waals surface area contributed by atoms with Crippen molar-refractivity contribution < 1.29 is 59.6 Å². The second-order valence-electron chi connectivity index (χ2n) is 15.1. The first-order valence-corrected chi connectivity index (χ1v) is 17.6. The van der Waals surface area contributed by atoms with Gasteiger partial charge in [-0.15, -0.1) is 6.42 Å². The van der Waals surface area contributed by atoms with Crippen molar-refractivity contribution in [3.8, 4) is 18.1 Å². The number of aromatic hydroxyl groups is 1. The summed E-state index contributed by atoms with van der Waals surface area (Å²) in [5.41, 5.74) is 0.944. The Labute approximate surface area is 287 Å². The van der Waals surface area contributed by atoms with Gasteiger partial charge >= 0.3 is 29.9 Å². The van der Waals surface area contributed by atoms with E-state index >= 15 is 0 Å². The minimum absolute atomic E-state index is 0.0254. The first-order valence-electron chi connectivity index (χ1n) is 17.6. The lowest BCUT2D eigenvalue weighted by Crippen LogP contribution is -2.60. The van der Waals surface area contributed by atoms with Gasteiger partial charge in [-0.05, 0) is 105 Å². The largest absolute Gasteiger partial charge is 0.508 e. The van der Waals surface area contributed by atoms with E-state index in [1.54, 1.807) is 6.07 Å². The third-order valence-corrected chi connectivity index (χ3v) is 12.3. The fraction of sp³-hybridized carbons (Fsp3) is 0.757. The zero-order chi connectivity index (χ0) is 37.3. The molecule has 13 heteroatoms. The zero-order valence-corrected chi connectivity index (χ0v) is 28.2. The van der Waals surface area contributed by atoms with Crippen LogP contribution in [0.4, 0.5) is 39.5 Å². The van der Waals surface area contributed by atoms with E-state index in [1.165, 1.54) is 5.56 Å². The molecule has 0 bridgehead atoms. The second-order valence-corrected chi connectivity index (χ2v) is 15.1. The van der Waals surface area contributed by atoms with Gasteiger partial charge in [0.2, 0.25) is 0 Å². The van der Waals surface area contributed by atoms with Crippen LogP contribution in [0, 0.1) is 41.4 Å². The maximum atomic E-state index is 13.8. The predicted molar refractivity (Wildman–Crippen MR) is 168 cm³/mol. The van der Waals surface area contributed by atoms with E-state index in [1.807, 2.05) is 12.1 Å². The molecule has 7 atom stereocenters. The number of carboxylic acid groups (broad SMARTS) is 1. The van der Waals surface area contributed by atoms with Gasteiger partial charge in [0.05, 0.1) is 5.92 Å². The van der Waals surface area contributed by atoms with Gasteiger partial charge in [-0.3, -0.25) is 4.79 Å². The van der Waals surface area contributed by atoms with Gasteiger partial charge in [0.1, 0.15) is 11.4 Å². The Morgan fingerprint density at radius 1 is 0.920 bits per heavy atom. The molecule has 1 aromatic rings. The molecule has 0 amide bonds. The summed E-state index contributed by atoms with van der Waals surface area (Å²) >= 11 is 0. The number of halogens is 9. The lowest BCUT2D eigenvalue weighted by molar-refractivity contribution is -0.396. The summed E-state index contributed by atoms with van der Waals surface area (Å²) in [6, 6.07) is 5.63. The van der Waals surface area contributed by atoms with Crippen LogP contribution in [0.1, 0.15) is 120 Å². The van der Waals surface area contributed by atoms with Crippen molar-refractivity contribution >= 4 is 5.97 Å². The Morgan fingerprint density at radius 3 is 2.16 bits per heavy atom. The van der Waals surface area contributed by atoms with Gasteiger partial charge in [0, 0.05) is 11.8 Å².